The molecule has 1 aromatic rings. The van der Waals surface area contributed by atoms with Gasteiger partial charge in [0.1, 0.15) is 17.2 Å². The molecule has 0 saturated carbocycles. The third-order valence-electron chi connectivity index (χ3n) is 5.30. The number of carbonyl (C=O) groups is 1. The molecule has 0 radical (unpaired) electrons. The summed E-state index contributed by atoms with van der Waals surface area (Å²) in [4.78, 5) is 13.7. The molecule has 6 nitrogen and oxygen atoms in total. The molecule has 1 heterocycles. The molecular formula is C21H34FNO5Si. The van der Waals surface area contributed by atoms with E-state index in [-0.39, 0.29) is 30.3 Å². The Morgan fingerprint density at radius 2 is 1.86 bits per heavy atom. The van der Waals surface area contributed by atoms with Crippen LogP contribution in [0.25, 0.3) is 0 Å². The smallest absolute Gasteiger partial charge is 0.410 e. The van der Waals surface area contributed by atoms with Gasteiger partial charge in [0.25, 0.3) is 0 Å². The van der Waals surface area contributed by atoms with Gasteiger partial charge >= 0.3 is 6.09 Å². The van der Waals surface area contributed by atoms with E-state index in [1.54, 1.807) is 26.8 Å². The summed E-state index contributed by atoms with van der Waals surface area (Å²) >= 11 is 0. The average molecular weight is 428 g/mol. The number of hydrogen-bond acceptors (Lipinski definition) is 5. The van der Waals surface area contributed by atoms with Crippen LogP contribution in [0, 0.1) is 5.82 Å². The fourth-order valence-corrected chi connectivity index (χ4v) is 3.69. The average Bonchev–Trinajstić information content (AvgIpc) is 2.53. The predicted molar refractivity (Wildman–Crippen MR) is 112 cm³/mol. The van der Waals surface area contributed by atoms with Crippen molar-refractivity contribution in [2.45, 2.75) is 71.1 Å². The molecule has 1 aliphatic heterocycles. The molecule has 0 aromatic heterocycles. The first-order valence-electron chi connectivity index (χ1n) is 9.87. The molecule has 0 aliphatic carbocycles. The SMILES string of the molecule is CC(C)(C)OC(=O)N1CCOC(O)(c2cc(O[Si](C)(C)C(C)(C)C)ccc2F)C1. The summed E-state index contributed by atoms with van der Waals surface area (Å²) in [5.74, 6) is -2.13. The molecule has 8 heteroatoms. The molecule has 1 unspecified atom stereocenters. The first kappa shape index (κ1) is 23.6. The molecule has 164 valence electrons. The number of amides is 1. The van der Waals surface area contributed by atoms with Crippen LogP contribution in [0.2, 0.25) is 18.1 Å². The number of nitrogens with zero attached hydrogens (tertiary/aromatic N) is 1. The number of hydrogen-bond donors (Lipinski definition) is 1. The van der Waals surface area contributed by atoms with E-state index in [1.807, 2.05) is 0 Å². The summed E-state index contributed by atoms with van der Waals surface area (Å²) in [6.45, 7) is 15.9. The highest BCUT2D eigenvalue weighted by molar-refractivity contribution is 6.74. The minimum absolute atomic E-state index is 0.0344. The molecule has 1 fully saturated rings. The van der Waals surface area contributed by atoms with Crippen LogP contribution in [-0.2, 0) is 15.3 Å². The number of ether oxygens (including phenoxy) is 2. The van der Waals surface area contributed by atoms with Crippen molar-refractivity contribution < 1.29 is 28.2 Å². The minimum atomic E-state index is -2.15. The van der Waals surface area contributed by atoms with Gasteiger partial charge in [0.05, 0.1) is 18.7 Å². The molecule has 1 atom stereocenters. The molecule has 0 spiro atoms. The summed E-state index contributed by atoms with van der Waals surface area (Å²) in [5, 5.41) is 11.0. The monoisotopic (exact) mass is 427 g/mol. The lowest BCUT2D eigenvalue weighted by Gasteiger charge is -2.40. The van der Waals surface area contributed by atoms with E-state index < -0.39 is 31.6 Å². The summed E-state index contributed by atoms with van der Waals surface area (Å²) in [6, 6.07) is 4.27. The van der Waals surface area contributed by atoms with Gasteiger partial charge in [-0.15, -0.1) is 0 Å². The number of morpholine rings is 1. The number of halogens is 1. The number of benzene rings is 1. The lowest BCUT2D eigenvalue weighted by atomic mass is 10.0. The van der Waals surface area contributed by atoms with Crippen molar-refractivity contribution in [3.05, 3.63) is 29.6 Å². The summed E-state index contributed by atoms with van der Waals surface area (Å²) < 4.78 is 31.8. The second-order valence-electron chi connectivity index (χ2n) is 10.0. The van der Waals surface area contributed by atoms with Crippen LogP contribution in [0.5, 0.6) is 5.75 Å². The summed E-state index contributed by atoms with van der Waals surface area (Å²) in [5.41, 5.74) is -0.725. The first-order valence-corrected chi connectivity index (χ1v) is 12.8. The van der Waals surface area contributed by atoms with Gasteiger partial charge in [-0.3, -0.25) is 0 Å². The van der Waals surface area contributed by atoms with E-state index in [9.17, 15) is 14.3 Å². The van der Waals surface area contributed by atoms with E-state index in [2.05, 4.69) is 33.9 Å². The van der Waals surface area contributed by atoms with Gasteiger partial charge in [0, 0.05) is 6.54 Å². The van der Waals surface area contributed by atoms with Gasteiger partial charge in [0.2, 0.25) is 14.1 Å². The first-order chi connectivity index (χ1) is 13.0. The maximum atomic E-state index is 14.6. The fourth-order valence-electron chi connectivity index (χ4n) is 2.67. The lowest BCUT2D eigenvalue weighted by Crippen LogP contribution is -2.53. The molecule has 1 N–H and O–H groups in total. The van der Waals surface area contributed by atoms with Crippen LogP contribution in [0.1, 0.15) is 47.1 Å². The molecule has 2 rings (SSSR count). The molecular weight excluding hydrogens is 393 g/mol. The zero-order chi connectivity index (χ0) is 22.3. The van der Waals surface area contributed by atoms with E-state index in [0.717, 1.165) is 0 Å². The van der Waals surface area contributed by atoms with Crippen molar-refractivity contribution >= 4 is 14.4 Å². The topological polar surface area (TPSA) is 68.2 Å². The maximum Gasteiger partial charge on any atom is 0.410 e. The van der Waals surface area contributed by atoms with E-state index in [4.69, 9.17) is 13.9 Å². The van der Waals surface area contributed by atoms with Crippen molar-refractivity contribution in [3.63, 3.8) is 0 Å². The van der Waals surface area contributed by atoms with E-state index >= 15 is 0 Å². The Morgan fingerprint density at radius 3 is 2.41 bits per heavy atom. The zero-order valence-electron chi connectivity index (χ0n) is 18.8. The third kappa shape index (κ3) is 5.70. The predicted octanol–water partition coefficient (Wildman–Crippen LogP) is 4.62. The Bertz CT molecular complexity index is 756. The van der Waals surface area contributed by atoms with Crippen molar-refractivity contribution in [2.24, 2.45) is 0 Å². The van der Waals surface area contributed by atoms with Crippen LogP contribution >= 0.6 is 0 Å². The second-order valence-corrected chi connectivity index (χ2v) is 14.8. The Kier molecular flexibility index (Phi) is 6.43. The van der Waals surface area contributed by atoms with Crippen molar-refractivity contribution in [2.75, 3.05) is 19.7 Å². The zero-order valence-corrected chi connectivity index (χ0v) is 19.8. The molecule has 1 amide bonds. The maximum absolute atomic E-state index is 14.6. The van der Waals surface area contributed by atoms with Gasteiger partial charge in [-0.25, -0.2) is 9.18 Å². The molecule has 0 bridgehead atoms. The van der Waals surface area contributed by atoms with E-state index in [0.29, 0.717) is 5.75 Å². The largest absolute Gasteiger partial charge is 0.543 e. The van der Waals surface area contributed by atoms with Gasteiger partial charge < -0.3 is 23.9 Å². The van der Waals surface area contributed by atoms with Crippen LogP contribution in [-0.4, -0.2) is 49.7 Å². The highest BCUT2D eigenvalue weighted by atomic mass is 28.4. The van der Waals surface area contributed by atoms with Crippen molar-refractivity contribution in [3.8, 4) is 5.75 Å². The summed E-state index contributed by atoms with van der Waals surface area (Å²) in [7, 11) is -2.15. The van der Waals surface area contributed by atoms with Gasteiger partial charge in [0.15, 0.2) is 0 Å². The molecule has 1 saturated heterocycles. The lowest BCUT2D eigenvalue weighted by molar-refractivity contribution is -0.245. The Hall–Kier alpha value is -1.64. The van der Waals surface area contributed by atoms with Gasteiger partial charge in [-0.1, -0.05) is 20.8 Å². The number of rotatable bonds is 3. The molecule has 29 heavy (non-hydrogen) atoms. The molecule has 1 aliphatic rings. The third-order valence-corrected chi connectivity index (χ3v) is 9.66. The Morgan fingerprint density at radius 1 is 1.24 bits per heavy atom. The summed E-state index contributed by atoms with van der Waals surface area (Å²) in [6.07, 6.45) is -0.576. The second kappa shape index (κ2) is 7.89. The Labute approximate surface area is 174 Å². The van der Waals surface area contributed by atoms with E-state index in [1.165, 1.54) is 17.0 Å². The minimum Gasteiger partial charge on any atom is -0.543 e. The number of carbonyl (C=O) groups excluding carboxylic acids is 1. The normalized spacial score (nSPS) is 21.1. The van der Waals surface area contributed by atoms with Gasteiger partial charge in [-0.2, -0.15) is 0 Å². The standard InChI is InChI=1S/C21H34FNO5Si/c1-19(2,3)27-18(24)23-11-12-26-21(25,14-23)16-13-15(9-10-17(16)22)28-29(7,8)20(4,5)6/h9-10,13,25H,11-12,14H2,1-8H3. The van der Waals surface area contributed by atoms with Crippen molar-refractivity contribution in [1.29, 1.82) is 0 Å². The Balaban J connectivity index is 2.29. The quantitative estimate of drug-likeness (QED) is 0.713. The van der Waals surface area contributed by atoms with Crippen molar-refractivity contribution in [1.82, 2.24) is 4.90 Å². The van der Waals surface area contributed by atoms with Gasteiger partial charge in [-0.05, 0) is 57.1 Å². The number of aliphatic hydroxyl groups is 1. The van der Waals surface area contributed by atoms with Crippen LogP contribution in [0.3, 0.4) is 0 Å². The highest BCUT2D eigenvalue weighted by Crippen LogP contribution is 2.39. The highest BCUT2D eigenvalue weighted by Gasteiger charge is 2.43. The fraction of sp³-hybridized carbons (Fsp3) is 0.667. The van der Waals surface area contributed by atoms with Crippen LogP contribution in [0.4, 0.5) is 9.18 Å². The van der Waals surface area contributed by atoms with Crippen LogP contribution < -0.4 is 4.43 Å². The van der Waals surface area contributed by atoms with Crippen LogP contribution in [0.15, 0.2) is 18.2 Å². The number of β-amino-alcohol motifs (C(OH)–C–C–N with tert-alkyl or cyclic N) is 1. The molecule has 1 aromatic carbocycles.